The van der Waals surface area contributed by atoms with Crippen LogP contribution in [0.25, 0.3) is 0 Å². The van der Waals surface area contributed by atoms with Crippen LogP contribution in [0.15, 0.2) is 27.6 Å². The maximum absolute atomic E-state index is 11.6. The highest BCUT2D eigenvalue weighted by Gasteiger charge is 2.26. The molecule has 0 bridgehead atoms. The normalized spacial score (nSPS) is 18.9. The summed E-state index contributed by atoms with van der Waals surface area (Å²) in [4.78, 5) is 12.6. The molecule has 0 fully saturated rings. The number of fused-ring (bicyclic) bond motifs is 1. The molecule has 1 aromatic carbocycles. The third-order valence-corrected chi connectivity index (χ3v) is 3.81. The van der Waals surface area contributed by atoms with Crippen molar-refractivity contribution in [1.82, 2.24) is 0 Å². The highest BCUT2D eigenvalue weighted by Crippen LogP contribution is 2.38. The summed E-state index contributed by atoms with van der Waals surface area (Å²) in [5.74, 6) is -0.0906. The number of hydrogen-bond acceptors (Lipinski definition) is 3. The van der Waals surface area contributed by atoms with E-state index >= 15 is 0 Å². The Hall–Kier alpha value is -0.990. The molecule has 1 N–H and O–H groups in total. The van der Waals surface area contributed by atoms with Gasteiger partial charge >= 0.3 is 0 Å². The van der Waals surface area contributed by atoms with Gasteiger partial charge in [0.15, 0.2) is 0 Å². The lowest BCUT2D eigenvalue weighted by atomic mass is 10.2. The summed E-state index contributed by atoms with van der Waals surface area (Å²) in [5.41, 5.74) is 0.813. The van der Waals surface area contributed by atoms with E-state index in [1.807, 2.05) is 24.3 Å². The molecule has 2 rings (SSSR count). The minimum Gasteiger partial charge on any atom is -0.324 e. The van der Waals surface area contributed by atoms with Gasteiger partial charge in [0.2, 0.25) is 5.91 Å². The number of thioether (sulfide) groups is 1. The standard InChI is InChI=1S/C10H7BrN2OS/c11-6-1-2-8-7(5-6)13-10(14)9(15-8)3-4-12/h1-2,5,9H,3H2,(H,13,14). The van der Waals surface area contributed by atoms with E-state index in [0.29, 0.717) is 0 Å². The smallest absolute Gasteiger partial charge is 0.238 e. The number of nitriles is 1. The predicted octanol–water partition coefficient (Wildman–Crippen LogP) is 2.78. The number of halogens is 1. The fourth-order valence-electron chi connectivity index (χ4n) is 1.34. The Labute approximate surface area is 100.0 Å². The minimum atomic E-state index is -0.288. The molecule has 0 aromatic heterocycles. The van der Waals surface area contributed by atoms with E-state index in [0.717, 1.165) is 15.1 Å². The SMILES string of the molecule is N#CCC1Sc2ccc(Br)cc2NC1=O. The topological polar surface area (TPSA) is 52.9 Å². The Kier molecular flexibility index (Phi) is 2.98. The Balaban J connectivity index is 2.30. The van der Waals surface area contributed by atoms with Crippen LogP contribution >= 0.6 is 27.7 Å². The van der Waals surface area contributed by atoms with Crippen molar-refractivity contribution in [3.8, 4) is 6.07 Å². The fraction of sp³-hybridized carbons (Fsp3) is 0.200. The second-order valence-electron chi connectivity index (χ2n) is 3.10. The quantitative estimate of drug-likeness (QED) is 0.862. The van der Waals surface area contributed by atoms with E-state index in [-0.39, 0.29) is 17.6 Å². The molecule has 1 aliphatic heterocycles. The van der Waals surface area contributed by atoms with Crippen LogP contribution in [0.1, 0.15) is 6.42 Å². The molecule has 3 nitrogen and oxygen atoms in total. The van der Waals surface area contributed by atoms with E-state index < -0.39 is 0 Å². The van der Waals surface area contributed by atoms with Crippen LogP contribution in [0.3, 0.4) is 0 Å². The maximum atomic E-state index is 11.6. The third-order valence-electron chi connectivity index (χ3n) is 2.04. The first-order valence-corrected chi connectivity index (χ1v) is 6.02. The largest absolute Gasteiger partial charge is 0.324 e. The van der Waals surface area contributed by atoms with Gasteiger partial charge in [0.05, 0.1) is 18.2 Å². The molecule has 76 valence electrons. The summed E-state index contributed by atoms with van der Waals surface area (Å²) < 4.78 is 0.931. The van der Waals surface area contributed by atoms with E-state index in [4.69, 9.17) is 5.26 Å². The van der Waals surface area contributed by atoms with Crippen molar-refractivity contribution >= 4 is 39.3 Å². The Morgan fingerprint density at radius 2 is 2.40 bits per heavy atom. The molecule has 1 aromatic rings. The molecule has 1 atom stereocenters. The molecule has 0 spiro atoms. The van der Waals surface area contributed by atoms with Gasteiger partial charge in [-0.05, 0) is 18.2 Å². The maximum Gasteiger partial charge on any atom is 0.238 e. The van der Waals surface area contributed by atoms with Crippen LogP contribution in [-0.2, 0) is 4.79 Å². The number of carbonyl (C=O) groups excluding carboxylic acids is 1. The lowest BCUT2D eigenvalue weighted by Gasteiger charge is -2.22. The zero-order valence-corrected chi connectivity index (χ0v) is 10.1. The predicted molar refractivity (Wildman–Crippen MR) is 62.6 cm³/mol. The van der Waals surface area contributed by atoms with E-state index in [1.165, 1.54) is 11.8 Å². The number of hydrogen-bond donors (Lipinski definition) is 1. The van der Waals surface area contributed by atoms with Gasteiger partial charge in [-0.15, -0.1) is 11.8 Å². The first-order chi connectivity index (χ1) is 7.20. The summed E-state index contributed by atoms with van der Waals surface area (Å²) >= 11 is 4.79. The second kappa shape index (κ2) is 4.25. The van der Waals surface area contributed by atoms with Gasteiger partial charge in [-0.3, -0.25) is 4.79 Å². The molecule has 0 aliphatic carbocycles. The highest BCUT2D eigenvalue weighted by atomic mass is 79.9. The van der Waals surface area contributed by atoms with E-state index in [1.54, 1.807) is 0 Å². The van der Waals surface area contributed by atoms with Gasteiger partial charge in [0.25, 0.3) is 0 Å². The monoisotopic (exact) mass is 282 g/mol. The van der Waals surface area contributed by atoms with Gasteiger partial charge in [-0.1, -0.05) is 15.9 Å². The van der Waals surface area contributed by atoms with Crippen LogP contribution in [0.5, 0.6) is 0 Å². The lowest BCUT2D eigenvalue weighted by molar-refractivity contribution is -0.115. The molecule has 0 saturated carbocycles. The molecule has 1 amide bonds. The molecule has 0 radical (unpaired) electrons. The van der Waals surface area contributed by atoms with Crippen LogP contribution in [0.2, 0.25) is 0 Å². The molecular weight excluding hydrogens is 276 g/mol. The van der Waals surface area contributed by atoms with E-state index in [2.05, 4.69) is 21.2 Å². The van der Waals surface area contributed by atoms with Crippen molar-refractivity contribution in [3.63, 3.8) is 0 Å². The molecule has 15 heavy (non-hydrogen) atoms. The summed E-state index contributed by atoms with van der Waals surface area (Å²) in [5, 5.41) is 11.1. The summed E-state index contributed by atoms with van der Waals surface area (Å²) in [6, 6.07) is 7.74. The van der Waals surface area contributed by atoms with Gasteiger partial charge in [0.1, 0.15) is 5.25 Å². The lowest BCUT2D eigenvalue weighted by Crippen LogP contribution is -2.28. The molecule has 0 saturated heterocycles. The number of anilines is 1. The Morgan fingerprint density at radius 1 is 1.60 bits per heavy atom. The second-order valence-corrected chi connectivity index (χ2v) is 5.26. The van der Waals surface area contributed by atoms with Crippen molar-refractivity contribution < 1.29 is 4.79 Å². The number of benzene rings is 1. The van der Waals surface area contributed by atoms with Crippen LogP contribution in [0, 0.1) is 11.3 Å². The summed E-state index contributed by atoms with van der Waals surface area (Å²) in [6.45, 7) is 0. The van der Waals surface area contributed by atoms with Crippen molar-refractivity contribution in [2.75, 3.05) is 5.32 Å². The average molecular weight is 283 g/mol. The fourth-order valence-corrected chi connectivity index (χ4v) is 2.71. The average Bonchev–Trinajstić information content (AvgIpc) is 2.20. The van der Waals surface area contributed by atoms with E-state index in [9.17, 15) is 4.79 Å². The van der Waals surface area contributed by atoms with Gasteiger partial charge < -0.3 is 5.32 Å². The van der Waals surface area contributed by atoms with Gasteiger partial charge in [-0.2, -0.15) is 5.26 Å². The number of carbonyl (C=O) groups is 1. The van der Waals surface area contributed by atoms with Crippen molar-refractivity contribution in [2.45, 2.75) is 16.6 Å². The Bertz CT molecular complexity index is 455. The van der Waals surface area contributed by atoms with Crippen molar-refractivity contribution in [1.29, 1.82) is 5.26 Å². The molecule has 1 aliphatic rings. The number of amides is 1. The minimum absolute atomic E-state index is 0.0906. The van der Waals surface area contributed by atoms with Crippen molar-refractivity contribution in [3.05, 3.63) is 22.7 Å². The molecular formula is C10H7BrN2OS. The zero-order valence-electron chi connectivity index (χ0n) is 7.66. The molecule has 1 heterocycles. The van der Waals surface area contributed by atoms with Crippen molar-refractivity contribution in [2.24, 2.45) is 0 Å². The first-order valence-electron chi connectivity index (χ1n) is 4.35. The van der Waals surface area contributed by atoms with Crippen LogP contribution in [0.4, 0.5) is 5.69 Å². The molecule has 5 heteroatoms. The first kappa shape index (κ1) is 10.5. The summed E-state index contributed by atoms with van der Waals surface area (Å²) in [7, 11) is 0. The van der Waals surface area contributed by atoms with Gasteiger partial charge in [-0.25, -0.2) is 0 Å². The summed E-state index contributed by atoms with van der Waals surface area (Å²) in [6.07, 6.45) is 0.242. The number of rotatable bonds is 1. The van der Waals surface area contributed by atoms with Crippen LogP contribution < -0.4 is 5.32 Å². The third kappa shape index (κ3) is 2.16. The highest BCUT2D eigenvalue weighted by molar-refractivity contribution is 9.10. The zero-order chi connectivity index (χ0) is 10.8. The van der Waals surface area contributed by atoms with Gasteiger partial charge in [0, 0.05) is 9.37 Å². The Morgan fingerprint density at radius 3 is 3.13 bits per heavy atom. The number of nitrogens with zero attached hydrogens (tertiary/aromatic N) is 1. The number of nitrogens with one attached hydrogen (secondary N) is 1. The van der Waals surface area contributed by atoms with Crippen LogP contribution in [-0.4, -0.2) is 11.2 Å². The molecule has 1 unspecified atom stereocenters.